The molecule has 0 aromatic carbocycles. The molecule has 1 aromatic rings. The van der Waals surface area contributed by atoms with E-state index in [2.05, 4.69) is 27.7 Å². The lowest BCUT2D eigenvalue weighted by Gasteiger charge is -2.30. The molecule has 0 saturated carbocycles. The van der Waals surface area contributed by atoms with Gasteiger partial charge in [0.1, 0.15) is 0 Å². The number of aromatic nitrogens is 2. The van der Waals surface area contributed by atoms with Crippen LogP contribution in [-0.2, 0) is 13.1 Å². The monoisotopic (exact) mass is 237 g/mol. The molecule has 0 atom stereocenters. The van der Waals surface area contributed by atoms with Gasteiger partial charge in [0.15, 0.2) is 0 Å². The first-order valence-corrected chi connectivity index (χ1v) is 6.59. The Morgan fingerprint density at radius 1 is 1.41 bits per heavy atom. The summed E-state index contributed by atoms with van der Waals surface area (Å²) in [4.78, 5) is 2.47. The predicted molar refractivity (Wildman–Crippen MR) is 67.7 cm³/mol. The maximum Gasteiger partial charge on any atom is 0.0597 e. The summed E-state index contributed by atoms with van der Waals surface area (Å²) in [5.41, 5.74) is 2.42. The Morgan fingerprint density at radius 2 is 2.12 bits per heavy atom. The van der Waals surface area contributed by atoms with E-state index in [1.807, 2.05) is 6.92 Å². The van der Waals surface area contributed by atoms with Crippen LogP contribution >= 0.6 is 0 Å². The van der Waals surface area contributed by atoms with Crippen molar-refractivity contribution in [2.24, 2.45) is 5.92 Å². The summed E-state index contributed by atoms with van der Waals surface area (Å²) in [5, 5.41) is 13.6. The molecule has 0 radical (unpaired) electrons. The zero-order chi connectivity index (χ0) is 12.3. The van der Waals surface area contributed by atoms with E-state index in [1.54, 1.807) is 0 Å². The summed E-state index contributed by atoms with van der Waals surface area (Å²) < 4.78 is 2.09. The number of hydrogen-bond acceptors (Lipinski definition) is 3. The Bertz CT molecular complexity index is 354. The second kappa shape index (κ2) is 5.65. The molecular weight excluding hydrogens is 214 g/mol. The van der Waals surface area contributed by atoms with Crippen LogP contribution in [0.5, 0.6) is 0 Å². The Labute approximate surface area is 103 Å². The molecule has 1 fully saturated rings. The van der Waals surface area contributed by atoms with Crippen LogP contribution in [0.1, 0.15) is 31.2 Å². The molecule has 2 heterocycles. The van der Waals surface area contributed by atoms with Gasteiger partial charge < -0.3 is 5.11 Å². The Kier molecular flexibility index (Phi) is 4.18. The van der Waals surface area contributed by atoms with Crippen LogP contribution in [-0.4, -0.2) is 39.5 Å². The van der Waals surface area contributed by atoms with Gasteiger partial charge in [-0.3, -0.25) is 9.58 Å². The van der Waals surface area contributed by atoms with Crippen molar-refractivity contribution in [1.29, 1.82) is 0 Å². The molecule has 4 nitrogen and oxygen atoms in total. The minimum absolute atomic E-state index is 0.347. The zero-order valence-corrected chi connectivity index (χ0v) is 10.9. The highest BCUT2D eigenvalue weighted by molar-refractivity contribution is 5.09. The van der Waals surface area contributed by atoms with Gasteiger partial charge >= 0.3 is 0 Å². The third-order valence-electron chi connectivity index (χ3n) is 3.64. The van der Waals surface area contributed by atoms with Gasteiger partial charge in [-0.05, 0) is 51.8 Å². The minimum atomic E-state index is 0.347. The molecule has 0 bridgehead atoms. The molecule has 4 heteroatoms. The number of likely N-dealkylation sites (tertiary alicyclic amines) is 1. The van der Waals surface area contributed by atoms with Crippen molar-refractivity contribution in [2.75, 3.05) is 19.7 Å². The van der Waals surface area contributed by atoms with Gasteiger partial charge in [-0.1, -0.05) is 0 Å². The summed E-state index contributed by atoms with van der Waals surface area (Å²) in [6.45, 7) is 8.66. The zero-order valence-electron chi connectivity index (χ0n) is 10.9. The SMILES string of the molecule is CCn1nc(C)cc1CN1CCC(CO)CC1. The van der Waals surface area contributed by atoms with E-state index in [9.17, 15) is 0 Å². The summed E-state index contributed by atoms with van der Waals surface area (Å²) in [5.74, 6) is 0.518. The molecular formula is C13H23N3O. The fourth-order valence-corrected chi connectivity index (χ4v) is 2.56. The molecule has 1 saturated heterocycles. The lowest BCUT2D eigenvalue weighted by molar-refractivity contribution is 0.125. The van der Waals surface area contributed by atoms with Crippen LogP contribution in [0.25, 0.3) is 0 Å². The first-order valence-electron chi connectivity index (χ1n) is 6.59. The van der Waals surface area contributed by atoms with Crippen LogP contribution in [0.3, 0.4) is 0 Å². The van der Waals surface area contributed by atoms with Gasteiger partial charge in [-0.2, -0.15) is 5.10 Å². The van der Waals surface area contributed by atoms with E-state index in [4.69, 9.17) is 5.11 Å². The first-order chi connectivity index (χ1) is 8.22. The largest absolute Gasteiger partial charge is 0.396 e. The quantitative estimate of drug-likeness (QED) is 0.861. The van der Waals surface area contributed by atoms with E-state index in [1.165, 1.54) is 5.69 Å². The van der Waals surface area contributed by atoms with Crippen molar-refractivity contribution in [3.8, 4) is 0 Å². The number of aryl methyl sites for hydroxylation is 2. The van der Waals surface area contributed by atoms with E-state index >= 15 is 0 Å². The lowest BCUT2D eigenvalue weighted by atomic mass is 9.98. The second-order valence-electron chi connectivity index (χ2n) is 4.99. The van der Waals surface area contributed by atoms with Crippen molar-refractivity contribution in [3.63, 3.8) is 0 Å². The van der Waals surface area contributed by atoms with Crippen molar-refractivity contribution in [3.05, 3.63) is 17.5 Å². The van der Waals surface area contributed by atoms with E-state index in [0.29, 0.717) is 12.5 Å². The van der Waals surface area contributed by atoms with Crippen molar-refractivity contribution in [1.82, 2.24) is 14.7 Å². The maximum atomic E-state index is 9.12. The Morgan fingerprint density at radius 3 is 2.71 bits per heavy atom. The van der Waals surface area contributed by atoms with Gasteiger partial charge in [0.25, 0.3) is 0 Å². The average Bonchev–Trinajstić information content (AvgIpc) is 2.70. The predicted octanol–water partition coefficient (Wildman–Crippen LogP) is 1.42. The van der Waals surface area contributed by atoms with Crippen LogP contribution < -0.4 is 0 Å². The molecule has 0 spiro atoms. The molecule has 1 aromatic heterocycles. The standard InChI is InChI=1S/C13H23N3O/c1-3-16-13(8-11(2)14-16)9-15-6-4-12(10-17)5-7-15/h8,12,17H,3-7,9-10H2,1-2H3. The Hall–Kier alpha value is -0.870. The average molecular weight is 237 g/mol. The number of aliphatic hydroxyl groups excluding tert-OH is 1. The summed E-state index contributed by atoms with van der Waals surface area (Å²) in [6.07, 6.45) is 2.24. The fourth-order valence-electron chi connectivity index (χ4n) is 2.56. The van der Waals surface area contributed by atoms with Crippen molar-refractivity contribution >= 4 is 0 Å². The van der Waals surface area contributed by atoms with E-state index in [-0.39, 0.29) is 0 Å². The topological polar surface area (TPSA) is 41.3 Å². The highest BCUT2D eigenvalue weighted by atomic mass is 16.3. The number of hydrogen-bond donors (Lipinski definition) is 1. The molecule has 1 aliphatic rings. The number of rotatable bonds is 4. The van der Waals surface area contributed by atoms with Gasteiger partial charge in [-0.25, -0.2) is 0 Å². The number of nitrogens with zero attached hydrogens (tertiary/aromatic N) is 3. The lowest BCUT2D eigenvalue weighted by Crippen LogP contribution is -2.34. The molecule has 0 amide bonds. The number of piperidine rings is 1. The third kappa shape index (κ3) is 3.07. The van der Waals surface area contributed by atoms with Gasteiger partial charge in [0.2, 0.25) is 0 Å². The molecule has 96 valence electrons. The fraction of sp³-hybridized carbons (Fsp3) is 0.769. The highest BCUT2D eigenvalue weighted by Crippen LogP contribution is 2.18. The number of aliphatic hydroxyl groups is 1. The molecule has 0 unspecified atom stereocenters. The van der Waals surface area contributed by atoms with Crippen LogP contribution in [0.2, 0.25) is 0 Å². The first kappa shape index (κ1) is 12.6. The second-order valence-corrected chi connectivity index (χ2v) is 4.99. The Balaban J connectivity index is 1.92. The van der Waals surface area contributed by atoms with E-state index in [0.717, 1.165) is 44.7 Å². The molecule has 0 aliphatic carbocycles. The maximum absolute atomic E-state index is 9.12. The van der Waals surface area contributed by atoms with Crippen LogP contribution in [0.15, 0.2) is 6.07 Å². The van der Waals surface area contributed by atoms with Crippen LogP contribution in [0, 0.1) is 12.8 Å². The minimum Gasteiger partial charge on any atom is -0.396 e. The molecule has 1 aliphatic heterocycles. The summed E-state index contributed by atoms with van der Waals surface area (Å²) >= 11 is 0. The van der Waals surface area contributed by atoms with E-state index < -0.39 is 0 Å². The van der Waals surface area contributed by atoms with Gasteiger partial charge in [-0.15, -0.1) is 0 Å². The molecule has 2 rings (SSSR count). The normalized spacial score (nSPS) is 18.8. The molecule has 17 heavy (non-hydrogen) atoms. The van der Waals surface area contributed by atoms with Crippen molar-refractivity contribution in [2.45, 2.75) is 39.8 Å². The summed E-state index contributed by atoms with van der Waals surface area (Å²) in [7, 11) is 0. The molecule has 1 N–H and O–H groups in total. The third-order valence-corrected chi connectivity index (χ3v) is 3.64. The van der Waals surface area contributed by atoms with Gasteiger partial charge in [0, 0.05) is 19.7 Å². The van der Waals surface area contributed by atoms with Gasteiger partial charge in [0.05, 0.1) is 11.4 Å². The smallest absolute Gasteiger partial charge is 0.0597 e. The highest BCUT2D eigenvalue weighted by Gasteiger charge is 2.19. The van der Waals surface area contributed by atoms with Crippen molar-refractivity contribution < 1.29 is 5.11 Å². The van der Waals surface area contributed by atoms with Crippen LogP contribution in [0.4, 0.5) is 0 Å². The summed E-state index contributed by atoms with van der Waals surface area (Å²) in [6, 6.07) is 2.18.